The van der Waals surface area contributed by atoms with Crippen molar-refractivity contribution in [2.24, 2.45) is 7.05 Å². The number of hydrogen-bond acceptors (Lipinski definition) is 5. The summed E-state index contributed by atoms with van der Waals surface area (Å²) < 4.78 is 1.45. The number of thiophene rings is 1. The van der Waals surface area contributed by atoms with Gasteiger partial charge in [0.05, 0.1) is 11.5 Å². The van der Waals surface area contributed by atoms with Crippen molar-refractivity contribution in [3.63, 3.8) is 0 Å². The predicted octanol–water partition coefficient (Wildman–Crippen LogP) is 2.49. The average molecular weight is 278 g/mol. The maximum atomic E-state index is 10.9. The topological polar surface area (TPSA) is 73.0 Å². The first-order valence-electron chi connectivity index (χ1n) is 6.16. The highest BCUT2D eigenvalue weighted by Gasteiger charge is 2.19. The van der Waals surface area contributed by atoms with Gasteiger partial charge in [-0.25, -0.2) is 0 Å². The summed E-state index contributed by atoms with van der Waals surface area (Å²) in [4.78, 5) is 13.1. The second kappa shape index (κ2) is 4.65. The van der Waals surface area contributed by atoms with Gasteiger partial charge in [0.15, 0.2) is 0 Å². The van der Waals surface area contributed by atoms with Crippen LogP contribution in [0.25, 0.3) is 0 Å². The van der Waals surface area contributed by atoms with Crippen LogP contribution in [-0.4, -0.2) is 14.7 Å². The van der Waals surface area contributed by atoms with Crippen LogP contribution < -0.4 is 5.32 Å². The molecule has 0 saturated carbocycles. The summed E-state index contributed by atoms with van der Waals surface area (Å²) >= 11 is 1.80. The van der Waals surface area contributed by atoms with Crippen LogP contribution in [0.15, 0.2) is 12.3 Å². The molecule has 0 aliphatic heterocycles. The summed E-state index contributed by atoms with van der Waals surface area (Å²) in [5, 5.41) is 18.0. The van der Waals surface area contributed by atoms with Gasteiger partial charge in [0, 0.05) is 16.8 Å². The van der Waals surface area contributed by atoms with Crippen LogP contribution in [0.2, 0.25) is 0 Å². The highest BCUT2D eigenvalue weighted by atomic mass is 32.1. The molecule has 100 valence electrons. The molecule has 1 N–H and O–H groups in total. The summed E-state index contributed by atoms with van der Waals surface area (Å²) in [5.41, 5.74) is 1.46. The Balaban J connectivity index is 1.73. The molecule has 1 aliphatic carbocycles. The third-order valence-corrected chi connectivity index (χ3v) is 4.47. The van der Waals surface area contributed by atoms with Crippen molar-refractivity contribution in [3.8, 4) is 0 Å². The molecule has 0 amide bonds. The molecule has 0 fully saturated rings. The molecule has 6 nitrogen and oxygen atoms in total. The van der Waals surface area contributed by atoms with Gasteiger partial charge >= 0.3 is 5.69 Å². The molecule has 0 saturated heterocycles. The quantitative estimate of drug-likeness (QED) is 0.689. The Labute approximate surface area is 114 Å². The van der Waals surface area contributed by atoms with Crippen molar-refractivity contribution < 1.29 is 4.92 Å². The van der Waals surface area contributed by atoms with Crippen LogP contribution in [0.1, 0.15) is 21.7 Å². The maximum absolute atomic E-state index is 10.9. The molecule has 0 bridgehead atoms. The fourth-order valence-electron chi connectivity index (χ4n) is 2.38. The molecule has 0 atom stereocenters. The SMILES string of the molecule is Cn1cc([N+](=O)[O-])c(NCc2cc3c(s2)CCC3)n1. The van der Waals surface area contributed by atoms with Crippen LogP contribution in [0.3, 0.4) is 0 Å². The molecule has 0 radical (unpaired) electrons. The summed E-state index contributed by atoms with van der Waals surface area (Å²) in [6.07, 6.45) is 5.00. The van der Waals surface area contributed by atoms with Crippen LogP contribution >= 0.6 is 11.3 Å². The van der Waals surface area contributed by atoms with E-state index in [1.165, 1.54) is 39.0 Å². The second-order valence-corrected chi connectivity index (χ2v) is 5.88. The number of nitrogens with one attached hydrogen (secondary N) is 1. The van der Waals surface area contributed by atoms with E-state index < -0.39 is 4.92 Å². The van der Waals surface area contributed by atoms with Crippen molar-refractivity contribution in [3.05, 3.63) is 37.7 Å². The number of hydrogen-bond donors (Lipinski definition) is 1. The molecule has 2 heterocycles. The van der Waals surface area contributed by atoms with E-state index in [0.717, 1.165) is 6.42 Å². The smallest absolute Gasteiger partial charge is 0.330 e. The summed E-state index contributed by atoms with van der Waals surface area (Å²) in [5.74, 6) is 0.334. The number of rotatable bonds is 4. The average Bonchev–Trinajstić information content (AvgIpc) is 2.99. The lowest BCUT2D eigenvalue weighted by atomic mass is 10.2. The Hall–Kier alpha value is -1.89. The van der Waals surface area contributed by atoms with Crippen LogP contribution in [-0.2, 0) is 26.4 Å². The van der Waals surface area contributed by atoms with Gasteiger partial charge < -0.3 is 5.32 Å². The fourth-order valence-corrected chi connectivity index (χ4v) is 3.58. The van der Waals surface area contributed by atoms with Crippen molar-refractivity contribution in [2.75, 3.05) is 5.32 Å². The minimum Gasteiger partial charge on any atom is -0.358 e. The molecule has 1 aliphatic rings. The summed E-state index contributed by atoms with van der Waals surface area (Å²) in [7, 11) is 1.68. The third-order valence-electron chi connectivity index (χ3n) is 3.23. The molecule has 3 rings (SSSR count). The zero-order valence-corrected chi connectivity index (χ0v) is 11.4. The Kier molecular flexibility index (Phi) is 2.98. The summed E-state index contributed by atoms with van der Waals surface area (Å²) in [6.45, 7) is 0.593. The first kappa shape index (κ1) is 12.2. The van der Waals surface area contributed by atoms with Crippen LogP contribution in [0.4, 0.5) is 11.5 Å². The Morgan fingerprint density at radius 2 is 2.42 bits per heavy atom. The number of nitro groups is 1. The van der Waals surface area contributed by atoms with Crippen molar-refractivity contribution in [2.45, 2.75) is 25.8 Å². The largest absolute Gasteiger partial charge is 0.358 e. The van der Waals surface area contributed by atoms with E-state index in [9.17, 15) is 10.1 Å². The van der Waals surface area contributed by atoms with Gasteiger partial charge in [-0.1, -0.05) is 0 Å². The third kappa shape index (κ3) is 2.33. The second-order valence-electron chi connectivity index (χ2n) is 4.66. The molecule has 7 heteroatoms. The molecule has 19 heavy (non-hydrogen) atoms. The number of anilines is 1. The molecule has 0 spiro atoms. The van der Waals surface area contributed by atoms with Crippen LogP contribution in [0, 0.1) is 10.1 Å². The highest BCUT2D eigenvalue weighted by molar-refractivity contribution is 7.12. The van der Waals surface area contributed by atoms with E-state index >= 15 is 0 Å². The molecular weight excluding hydrogens is 264 g/mol. The van der Waals surface area contributed by atoms with Crippen LogP contribution in [0.5, 0.6) is 0 Å². The molecule has 0 aromatic carbocycles. The van der Waals surface area contributed by atoms with Gasteiger partial charge in [-0.15, -0.1) is 16.4 Å². The minimum absolute atomic E-state index is 0.0200. The van der Waals surface area contributed by atoms with Gasteiger partial charge in [0.25, 0.3) is 0 Å². The monoisotopic (exact) mass is 278 g/mol. The van der Waals surface area contributed by atoms with E-state index in [4.69, 9.17) is 0 Å². The molecule has 2 aromatic rings. The van der Waals surface area contributed by atoms with E-state index in [0.29, 0.717) is 12.4 Å². The molecule has 0 unspecified atom stereocenters. The molecular formula is C12H14N4O2S. The van der Waals surface area contributed by atoms with Gasteiger partial charge in [0.1, 0.15) is 6.20 Å². The maximum Gasteiger partial charge on any atom is 0.330 e. The fraction of sp³-hybridized carbons (Fsp3) is 0.417. The Morgan fingerprint density at radius 3 is 3.16 bits per heavy atom. The standard InChI is InChI=1S/C12H14N4O2S/c1-15-7-10(16(17)18)12(14-15)13-6-9-5-8-3-2-4-11(8)19-9/h5,7H,2-4,6H2,1H3,(H,13,14). The summed E-state index contributed by atoms with van der Waals surface area (Å²) in [6, 6.07) is 2.20. The van der Waals surface area contributed by atoms with Gasteiger partial charge in [0.2, 0.25) is 5.82 Å². The van der Waals surface area contributed by atoms with Crippen molar-refractivity contribution >= 4 is 22.8 Å². The number of aromatic nitrogens is 2. The number of aryl methyl sites for hydroxylation is 3. The van der Waals surface area contributed by atoms with Gasteiger partial charge in [-0.3, -0.25) is 14.8 Å². The molecule has 2 aromatic heterocycles. The minimum atomic E-state index is -0.413. The highest BCUT2D eigenvalue weighted by Crippen LogP contribution is 2.31. The number of nitrogens with zero attached hydrogens (tertiary/aromatic N) is 3. The van der Waals surface area contributed by atoms with E-state index in [1.54, 1.807) is 18.4 Å². The van der Waals surface area contributed by atoms with E-state index in [2.05, 4.69) is 16.5 Å². The van der Waals surface area contributed by atoms with E-state index in [-0.39, 0.29) is 5.69 Å². The normalized spacial score (nSPS) is 13.5. The first-order valence-corrected chi connectivity index (χ1v) is 6.97. The van der Waals surface area contributed by atoms with Crippen molar-refractivity contribution in [1.29, 1.82) is 0 Å². The lowest BCUT2D eigenvalue weighted by Gasteiger charge is -2.00. The lowest BCUT2D eigenvalue weighted by Crippen LogP contribution is -2.01. The Bertz CT molecular complexity index is 610. The van der Waals surface area contributed by atoms with Gasteiger partial charge in [-0.05, 0) is 30.9 Å². The zero-order chi connectivity index (χ0) is 13.4. The number of fused-ring (bicyclic) bond motifs is 1. The predicted molar refractivity (Wildman–Crippen MR) is 73.5 cm³/mol. The van der Waals surface area contributed by atoms with Gasteiger partial charge in [-0.2, -0.15) is 0 Å². The van der Waals surface area contributed by atoms with Crippen molar-refractivity contribution in [1.82, 2.24) is 9.78 Å². The van der Waals surface area contributed by atoms with E-state index in [1.807, 2.05) is 0 Å². The first-order chi connectivity index (χ1) is 9.13. The lowest BCUT2D eigenvalue weighted by molar-refractivity contribution is -0.384. The zero-order valence-electron chi connectivity index (χ0n) is 10.5. The Morgan fingerprint density at radius 1 is 1.58 bits per heavy atom.